The number of carbonyl (C=O) groups excluding carboxylic acids is 1. The summed E-state index contributed by atoms with van der Waals surface area (Å²) in [6.45, 7) is 10.3. The van der Waals surface area contributed by atoms with Crippen LogP contribution in [0.15, 0.2) is 35.3 Å². The number of benzene rings is 1. The van der Waals surface area contributed by atoms with E-state index in [0.717, 1.165) is 8.04 Å². The van der Waals surface area contributed by atoms with Crippen LogP contribution in [0.3, 0.4) is 0 Å². The van der Waals surface area contributed by atoms with E-state index in [4.69, 9.17) is 0 Å². The molecule has 2 nitrogen and oxygen atoms in total. The van der Waals surface area contributed by atoms with Crippen LogP contribution >= 0.6 is 38.5 Å². The second kappa shape index (κ2) is 6.19. The summed E-state index contributed by atoms with van der Waals surface area (Å²) in [6, 6.07) is 5.77. The maximum atomic E-state index is 12.6. The molecular formula is C14H17BrINO. The summed E-state index contributed by atoms with van der Waals surface area (Å²) < 4.78 is 1.87. The number of rotatable bonds is 3. The number of nitrogens with zero attached hydrogens (tertiary/aromatic N) is 1. The van der Waals surface area contributed by atoms with Gasteiger partial charge in [-0.25, -0.2) is 0 Å². The van der Waals surface area contributed by atoms with Crippen molar-refractivity contribution in [3.63, 3.8) is 0 Å². The Labute approximate surface area is 131 Å². The van der Waals surface area contributed by atoms with E-state index in [1.165, 1.54) is 0 Å². The van der Waals surface area contributed by atoms with Crippen molar-refractivity contribution in [1.29, 1.82) is 0 Å². The van der Waals surface area contributed by atoms with Crippen molar-refractivity contribution in [3.05, 3.63) is 44.5 Å². The lowest BCUT2D eigenvalue weighted by molar-refractivity contribution is 0.0615. The molecule has 0 aliphatic carbocycles. The first-order chi connectivity index (χ1) is 8.27. The molecule has 0 radical (unpaired) electrons. The molecule has 0 aliphatic heterocycles. The average Bonchev–Trinajstić information content (AvgIpc) is 2.27. The zero-order valence-electron chi connectivity index (χ0n) is 10.8. The maximum absolute atomic E-state index is 12.6. The normalized spacial score (nSPS) is 11.2. The van der Waals surface area contributed by atoms with Crippen LogP contribution in [0.25, 0.3) is 0 Å². The molecule has 0 atom stereocenters. The molecule has 0 saturated carbocycles. The van der Waals surface area contributed by atoms with E-state index in [0.29, 0.717) is 12.1 Å². The standard InChI is InChI=1S/C14H17BrINO/c1-5-8-17(14(2,3)4)13(18)11-9-10(16)6-7-12(11)15/h5-7,9H,1,8H2,2-4H3. The molecule has 0 spiro atoms. The van der Waals surface area contributed by atoms with Gasteiger partial charge in [0.2, 0.25) is 0 Å². The Bertz CT molecular complexity index is 465. The van der Waals surface area contributed by atoms with E-state index in [-0.39, 0.29) is 11.4 Å². The largest absolute Gasteiger partial charge is 0.330 e. The quantitative estimate of drug-likeness (QED) is 0.520. The fourth-order valence-corrected chi connectivity index (χ4v) is 2.50. The molecule has 0 aromatic heterocycles. The fraction of sp³-hybridized carbons (Fsp3) is 0.357. The van der Waals surface area contributed by atoms with Crippen LogP contribution in [-0.4, -0.2) is 22.9 Å². The molecular weight excluding hydrogens is 405 g/mol. The second-order valence-corrected chi connectivity index (χ2v) is 7.10. The van der Waals surface area contributed by atoms with Gasteiger partial charge in [-0.05, 0) is 77.5 Å². The highest BCUT2D eigenvalue weighted by Gasteiger charge is 2.27. The van der Waals surface area contributed by atoms with Gasteiger partial charge in [-0.3, -0.25) is 4.79 Å². The van der Waals surface area contributed by atoms with Crippen LogP contribution in [-0.2, 0) is 0 Å². The summed E-state index contributed by atoms with van der Waals surface area (Å²) in [6.07, 6.45) is 1.75. The van der Waals surface area contributed by atoms with Crippen LogP contribution < -0.4 is 0 Å². The van der Waals surface area contributed by atoms with E-state index in [1.54, 1.807) is 6.08 Å². The van der Waals surface area contributed by atoms with E-state index in [9.17, 15) is 4.79 Å². The summed E-state index contributed by atoms with van der Waals surface area (Å²) in [5.74, 6) is 0.0211. The van der Waals surface area contributed by atoms with E-state index in [2.05, 4.69) is 45.1 Å². The predicted octanol–water partition coefficient (Wildman–Crippen LogP) is 4.48. The first-order valence-corrected chi connectivity index (χ1v) is 7.52. The van der Waals surface area contributed by atoms with Crippen molar-refractivity contribution in [2.75, 3.05) is 6.54 Å². The van der Waals surface area contributed by atoms with Crippen LogP contribution in [0.2, 0.25) is 0 Å². The molecule has 0 bridgehead atoms. The number of hydrogen-bond donors (Lipinski definition) is 0. The van der Waals surface area contributed by atoms with Gasteiger partial charge >= 0.3 is 0 Å². The van der Waals surface area contributed by atoms with Gasteiger partial charge in [0, 0.05) is 20.1 Å². The Morgan fingerprint density at radius 2 is 2.11 bits per heavy atom. The third kappa shape index (κ3) is 3.82. The summed E-state index contributed by atoms with van der Waals surface area (Å²) in [4.78, 5) is 14.4. The zero-order chi connectivity index (χ0) is 13.9. The van der Waals surface area contributed by atoms with Gasteiger partial charge < -0.3 is 4.90 Å². The Balaban J connectivity index is 3.17. The molecule has 0 N–H and O–H groups in total. The molecule has 1 aromatic rings. The van der Waals surface area contributed by atoms with Crippen molar-refractivity contribution in [3.8, 4) is 0 Å². The third-order valence-electron chi connectivity index (χ3n) is 2.53. The molecule has 18 heavy (non-hydrogen) atoms. The SMILES string of the molecule is C=CCN(C(=O)c1cc(I)ccc1Br)C(C)(C)C. The van der Waals surface area contributed by atoms with Gasteiger partial charge in [0.25, 0.3) is 5.91 Å². The topological polar surface area (TPSA) is 20.3 Å². The van der Waals surface area contributed by atoms with Crippen LogP contribution in [0.4, 0.5) is 0 Å². The Morgan fingerprint density at radius 1 is 1.50 bits per heavy atom. The summed E-state index contributed by atoms with van der Waals surface area (Å²) in [5, 5.41) is 0. The molecule has 0 aliphatic rings. The Morgan fingerprint density at radius 3 is 2.61 bits per heavy atom. The zero-order valence-corrected chi connectivity index (χ0v) is 14.6. The minimum atomic E-state index is -0.230. The van der Waals surface area contributed by atoms with Crippen molar-refractivity contribution in [1.82, 2.24) is 4.90 Å². The number of halogens is 2. The van der Waals surface area contributed by atoms with Crippen molar-refractivity contribution >= 4 is 44.4 Å². The van der Waals surface area contributed by atoms with Crippen molar-refractivity contribution in [2.45, 2.75) is 26.3 Å². The molecule has 1 aromatic carbocycles. The number of carbonyl (C=O) groups is 1. The first kappa shape index (κ1) is 15.7. The van der Waals surface area contributed by atoms with E-state index in [1.807, 2.05) is 43.9 Å². The molecule has 0 heterocycles. The van der Waals surface area contributed by atoms with Gasteiger partial charge in [0.05, 0.1) is 5.56 Å². The molecule has 0 fully saturated rings. The lowest BCUT2D eigenvalue weighted by Crippen LogP contribution is -2.45. The third-order valence-corrected chi connectivity index (χ3v) is 3.89. The van der Waals surface area contributed by atoms with Crippen LogP contribution in [0.1, 0.15) is 31.1 Å². The highest BCUT2D eigenvalue weighted by atomic mass is 127. The van der Waals surface area contributed by atoms with E-state index >= 15 is 0 Å². The molecule has 1 amide bonds. The van der Waals surface area contributed by atoms with Gasteiger partial charge in [-0.2, -0.15) is 0 Å². The highest BCUT2D eigenvalue weighted by Crippen LogP contribution is 2.24. The Kier molecular flexibility index (Phi) is 5.40. The van der Waals surface area contributed by atoms with Crippen molar-refractivity contribution in [2.24, 2.45) is 0 Å². The van der Waals surface area contributed by atoms with Crippen LogP contribution in [0.5, 0.6) is 0 Å². The van der Waals surface area contributed by atoms with Crippen LogP contribution in [0, 0.1) is 3.57 Å². The smallest absolute Gasteiger partial charge is 0.255 e. The molecule has 4 heteroatoms. The summed E-state index contributed by atoms with van der Waals surface area (Å²) >= 11 is 5.65. The van der Waals surface area contributed by atoms with Gasteiger partial charge in [-0.15, -0.1) is 6.58 Å². The molecule has 98 valence electrons. The fourth-order valence-electron chi connectivity index (χ4n) is 1.60. The summed E-state index contributed by atoms with van der Waals surface area (Å²) in [7, 11) is 0. The molecule has 0 unspecified atom stereocenters. The minimum Gasteiger partial charge on any atom is -0.330 e. The number of amides is 1. The Hall–Kier alpha value is -0.360. The molecule has 0 saturated heterocycles. The lowest BCUT2D eigenvalue weighted by Gasteiger charge is -2.35. The molecule has 1 rings (SSSR count). The lowest BCUT2D eigenvalue weighted by atomic mass is 10.0. The van der Waals surface area contributed by atoms with E-state index < -0.39 is 0 Å². The monoisotopic (exact) mass is 421 g/mol. The minimum absolute atomic E-state index is 0.0211. The second-order valence-electron chi connectivity index (χ2n) is 5.00. The van der Waals surface area contributed by atoms with Gasteiger partial charge in [0.15, 0.2) is 0 Å². The van der Waals surface area contributed by atoms with Gasteiger partial charge in [0.1, 0.15) is 0 Å². The predicted molar refractivity (Wildman–Crippen MR) is 87.8 cm³/mol. The number of hydrogen-bond acceptors (Lipinski definition) is 1. The average molecular weight is 422 g/mol. The van der Waals surface area contributed by atoms with Crippen molar-refractivity contribution < 1.29 is 4.79 Å². The maximum Gasteiger partial charge on any atom is 0.255 e. The summed E-state index contributed by atoms with van der Waals surface area (Å²) in [5.41, 5.74) is 0.463. The highest BCUT2D eigenvalue weighted by molar-refractivity contribution is 14.1. The van der Waals surface area contributed by atoms with Gasteiger partial charge in [-0.1, -0.05) is 6.08 Å². The first-order valence-electron chi connectivity index (χ1n) is 5.65.